The molecule has 0 heterocycles. The Labute approximate surface area is 165 Å². The predicted octanol–water partition coefficient (Wildman–Crippen LogP) is 5.52. The Balaban J connectivity index is 3.08. The molecule has 0 aromatic heterocycles. The zero-order chi connectivity index (χ0) is 21.0. The Kier molecular flexibility index (Phi) is 7.66. The molecule has 6 heteroatoms. The van der Waals surface area contributed by atoms with E-state index in [9.17, 15) is 9.59 Å². The Bertz CT molecular complexity index is 646. The molecule has 0 bridgehead atoms. The van der Waals surface area contributed by atoms with Gasteiger partial charge in [0.15, 0.2) is 5.60 Å². The summed E-state index contributed by atoms with van der Waals surface area (Å²) in [5.74, 6) is -0.107. The molecule has 1 rings (SSSR count). The summed E-state index contributed by atoms with van der Waals surface area (Å²) in [4.78, 5) is 23.7. The SMILES string of the molecule is CC(=O)OC(C)(C)C(=O)Nc1cccc(O[Si](C(C)C)(C(C)C)C(C)C)c1. The fourth-order valence-corrected chi connectivity index (χ4v) is 9.12. The minimum atomic E-state index is -2.07. The summed E-state index contributed by atoms with van der Waals surface area (Å²) < 4.78 is 11.8. The molecule has 152 valence electrons. The number of benzene rings is 1. The number of nitrogens with one attached hydrogen (secondary N) is 1. The highest BCUT2D eigenvalue weighted by Gasteiger charge is 2.47. The monoisotopic (exact) mass is 393 g/mol. The van der Waals surface area contributed by atoms with Crippen LogP contribution >= 0.6 is 0 Å². The minimum Gasteiger partial charge on any atom is -0.543 e. The van der Waals surface area contributed by atoms with Gasteiger partial charge in [-0.3, -0.25) is 9.59 Å². The van der Waals surface area contributed by atoms with Gasteiger partial charge >= 0.3 is 5.97 Å². The molecule has 0 saturated carbocycles. The fourth-order valence-electron chi connectivity index (χ4n) is 3.88. The predicted molar refractivity (Wildman–Crippen MR) is 113 cm³/mol. The van der Waals surface area contributed by atoms with Crippen molar-refractivity contribution in [1.82, 2.24) is 0 Å². The molecule has 0 aliphatic heterocycles. The van der Waals surface area contributed by atoms with E-state index < -0.39 is 19.9 Å². The summed E-state index contributed by atoms with van der Waals surface area (Å²) in [6, 6.07) is 7.44. The van der Waals surface area contributed by atoms with Crippen LogP contribution in [0.15, 0.2) is 24.3 Å². The number of hydrogen-bond acceptors (Lipinski definition) is 4. The van der Waals surface area contributed by atoms with Crippen molar-refractivity contribution in [2.24, 2.45) is 0 Å². The van der Waals surface area contributed by atoms with E-state index in [1.807, 2.05) is 18.2 Å². The quantitative estimate of drug-likeness (QED) is 0.466. The van der Waals surface area contributed by atoms with Gasteiger partial charge in [-0.25, -0.2) is 0 Å². The number of ether oxygens (including phenoxy) is 1. The first-order valence-corrected chi connectivity index (χ1v) is 11.8. The Morgan fingerprint density at radius 2 is 1.52 bits per heavy atom. The Hall–Kier alpha value is -1.82. The number of hydrogen-bond donors (Lipinski definition) is 1. The third kappa shape index (κ3) is 5.58. The Morgan fingerprint density at radius 3 is 1.96 bits per heavy atom. The van der Waals surface area contributed by atoms with Crippen LogP contribution in [0.4, 0.5) is 5.69 Å². The average Bonchev–Trinajstić information content (AvgIpc) is 2.50. The van der Waals surface area contributed by atoms with E-state index in [1.54, 1.807) is 19.9 Å². The van der Waals surface area contributed by atoms with Crippen LogP contribution in [0.3, 0.4) is 0 Å². The van der Waals surface area contributed by atoms with Gasteiger partial charge in [0.1, 0.15) is 5.75 Å². The topological polar surface area (TPSA) is 64.6 Å². The van der Waals surface area contributed by atoms with E-state index in [0.717, 1.165) is 5.75 Å². The summed E-state index contributed by atoms with van der Waals surface area (Å²) in [5, 5.41) is 2.82. The molecule has 27 heavy (non-hydrogen) atoms. The molecule has 1 N–H and O–H groups in total. The van der Waals surface area contributed by atoms with Crippen LogP contribution < -0.4 is 9.74 Å². The molecule has 1 aromatic carbocycles. The minimum absolute atomic E-state index is 0.380. The van der Waals surface area contributed by atoms with Gasteiger partial charge in [-0.05, 0) is 42.6 Å². The second kappa shape index (κ2) is 8.91. The molecule has 0 unspecified atom stereocenters. The van der Waals surface area contributed by atoms with E-state index in [2.05, 4.69) is 46.9 Å². The van der Waals surface area contributed by atoms with Gasteiger partial charge in [-0.1, -0.05) is 47.6 Å². The number of anilines is 1. The molecule has 0 aliphatic carbocycles. The largest absolute Gasteiger partial charge is 0.543 e. The van der Waals surface area contributed by atoms with Crippen molar-refractivity contribution in [2.45, 2.75) is 84.5 Å². The van der Waals surface area contributed by atoms with Crippen molar-refractivity contribution in [3.05, 3.63) is 24.3 Å². The van der Waals surface area contributed by atoms with Gasteiger partial charge in [-0.15, -0.1) is 0 Å². The molecule has 0 fully saturated rings. The van der Waals surface area contributed by atoms with Gasteiger partial charge in [0, 0.05) is 18.7 Å². The molecule has 5 nitrogen and oxygen atoms in total. The van der Waals surface area contributed by atoms with Gasteiger partial charge < -0.3 is 14.5 Å². The van der Waals surface area contributed by atoms with Gasteiger partial charge in [0.2, 0.25) is 0 Å². The van der Waals surface area contributed by atoms with Crippen LogP contribution in [0.1, 0.15) is 62.3 Å². The maximum absolute atomic E-state index is 12.5. The number of carbonyl (C=O) groups excluding carboxylic acids is 2. The van der Waals surface area contributed by atoms with Gasteiger partial charge in [0.05, 0.1) is 0 Å². The van der Waals surface area contributed by atoms with Crippen molar-refractivity contribution in [3.8, 4) is 5.75 Å². The second-order valence-corrected chi connectivity index (χ2v) is 13.9. The van der Waals surface area contributed by atoms with Crippen molar-refractivity contribution in [1.29, 1.82) is 0 Å². The first-order valence-electron chi connectivity index (χ1n) is 9.63. The average molecular weight is 394 g/mol. The van der Waals surface area contributed by atoms with Crippen LogP contribution in [-0.4, -0.2) is 25.8 Å². The van der Waals surface area contributed by atoms with Crippen LogP contribution in [0, 0.1) is 0 Å². The van der Waals surface area contributed by atoms with Crippen molar-refractivity contribution < 1.29 is 18.8 Å². The molecule has 0 radical (unpaired) electrons. The van der Waals surface area contributed by atoms with E-state index in [4.69, 9.17) is 9.16 Å². The summed E-state index contributed by atoms with van der Waals surface area (Å²) in [6.45, 7) is 17.8. The summed E-state index contributed by atoms with van der Waals surface area (Å²) in [7, 11) is -2.07. The lowest BCUT2D eigenvalue weighted by molar-refractivity contribution is -0.160. The van der Waals surface area contributed by atoms with Crippen molar-refractivity contribution >= 4 is 25.9 Å². The van der Waals surface area contributed by atoms with Crippen LogP contribution in [0.5, 0.6) is 5.75 Å². The third-order valence-electron chi connectivity index (χ3n) is 5.04. The number of esters is 1. The molecule has 0 saturated heterocycles. The van der Waals surface area contributed by atoms with E-state index in [1.165, 1.54) is 6.92 Å². The molecule has 0 atom stereocenters. The lowest BCUT2D eigenvalue weighted by Crippen LogP contribution is -2.50. The van der Waals surface area contributed by atoms with E-state index >= 15 is 0 Å². The summed E-state index contributed by atoms with van der Waals surface area (Å²) in [6.07, 6.45) is 0. The van der Waals surface area contributed by atoms with Gasteiger partial charge in [-0.2, -0.15) is 0 Å². The van der Waals surface area contributed by atoms with Crippen molar-refractivity contribution in [2.75, 3.05) is 5.32 Å². The molecular weight excluding hydrogens is 358 g/mol. The standard InChI is InChI=1S/C21H35NO4Si/c1-14(2)27(15(3)4,16(5)6)26-19-12-10-11-18(13-19)22-20(24)21(8,9)25-17(7)23/h10-16H,1-9H3,(H,22,24). The molecule has 1 amide bonds. The first kappa shape index (κ1) is 23.2. The molecule has 0 spiro atoms. The Morgan fingerprint density at radius 1 is 1.00 bits per heavy atom. The second-order valence-electron chi connectivity index (χ2n) is 8.51. The number of amides is 1. The first-order chi connectivity index (χ1) is 12.3. The third-order valence-corrected chi connectivity index (χ3v) is 11.0. The highest BCUT2D eigenvalue weighted by atomic mass is 28.4. The highest BCUT2D eigenvalue weighted by Crippen LogP contribution is 2.43. The van der Waals surface area contributed by atoms with Crippen LogP contribution in [0.2, 0.25) is 16.6 Å². The normalized spacial score (nSPS) is 12.4. The highest BCUT2D eigenvalue weighted by molar-refractivity contribution is 6.78. The van der Waals surface area contributed by atoms with Crippen molar-refractivity contribution in [3.63, 3.8) is 0 Å². The lowest BCUT2D eigenvalue weighted by atomic mass is 10.1. The molecular formula is C21H35NO4Si. The lowest BCUT2D eigenvalue weighted by Gasteiger charge is -2.42. The van der Waals surface area contributed by atoms with Crippen LogP contribution in [-0.2, 0) is 14.3 Å². The van der Waals surface area contributed by atoms with Gasteiger partial charge in [0.25, 0.3) is 14.2 Å². The maximum Gasteiger partial charge on any atom is 0.303 e. The zero-order valence-electron chi connectivity index (χ0n) is 18.2. The smallest absolute Gasteiger partial charge is 0.303 e. The fraction of sp³-hybridized carbons (Fsp3) is 0.619. The zero-order valence-corrected chi connectivity index (χ0v) is 19.2. The summed E-state index contributed by atoms with van der Waals surface area (Å²) in [5.41, 5.74) is 0.752. The molecule has 1 aromatic rings. The van der Waals surface area contributed by atoms with E-state index in [0.29, 0.717) is 22.3 Å². The number of carbonyl (C=O) groups is 2. The maximum atomic E-state index is 12.5. The molecule has 0 aliphatic rings. The van der Waals surface area contributed by atoms with Crippen LogP contribution in [0.25, 0.3) is 0 Å². The summed E-state index contributed by atoms with van der Waals surface area (Å²) >= 11 is 0. The van der Waals surface area contributed by atoms with E-state index in [-0.39, 0.29) is 5.91 Å². The number of rotatable bonds is 8.